The van der Waals surface area contributed by atoms with Gasteiger partial charge in [-0.25, -0.2) is 0 Å². The second-order valence-electron chi connectivity index (χ2n) is 5.27. The number of alkyl halides is 8. The highest BCUT2D eigenvalue weighted by atomic mass is 79.9. The molecule has 26 heavy (non-hydrogen) atoms. The minimum atomic E-state index is -4.23. The lowest BCUT2D eigenvalue weighted by Crippen LogP contribution is -2.05. The van der Waals surface area contributed by atoms with Crippen molar-refractivity contribution in [2.24, 2.45) is 0 Å². The number of hydrogen-bond acceptors (Lipinski definition) is 0. The Morgan fingerprint density at radius 3 is 1.23 bits per heavy atom. The first-order chi connectivity index (χ1) is 12.1. The highest BCUT2D eigenvalue weighted by molar-refractivity contribution is 9.09. The van der Waals surface area contributed by atoms with Crippen molar-refractivity contribution in [2.45, 2.75) is 25.2 Å². The predicted molar refractivity (Wildman–Crippen MR) is 97.9 cm³/mol. The third kappa shape index (κ3) is 8.12. The van der Waals surface area contributed by atoms with Crippen molar-refractivity contribution < 1.29 is 26.3 Å². The van der Waals surface area contributed by atoms with Crippen molar-refractivity contribution in [1.82, 2.24) is 0 Å². The number of rotatable bonds is 4. The van der Waals surface area contributed by atoms with Crippen molar-refractivity contribution in [3.05, 3.63) is 70.8 Å². The average Bonchev–Trinajstić information content (AvgIpc) is 2.55. The summed E-state index contributed by atoms with van der Waals surface area (Å²) in [5.74, 6) is 0. The Bertz CT molecular complexity index is 620. The predicted octanol–water partition coefficient (Wildman–Crippen LogP) is 7.29. The van der Waals surface area contributed by atoms with E-state index in [-0.39, 0.29) is 0 Å². The van der Waals surface area contributed by atoms with Crippen LogP contribution >= 0.6 is 31.9 Å². The number of hydrogen-bond donors (Lipinski definition) is 0. The van der Waals surface area contributed by atoms with Gasteiger partial charge >= 0.3 is 12.4 Å². The van der Waals surface area contributed by atoms with Crippen LogP contribution < -0.4 is 0 Å². The van der Waals surface area contributed by atoms with E-state index in [1.165, 1.54) is 24.3 Å². The molecule has 0 N–H and O–H groups in total. The summed E-state index contributed by atoms with van der Waals surface area (Å²) in [5, 5.41) is 1.35. The molecule has 0 bridgehead atoms. The Hall–Kier alpha value is -1.02. The van der Waals surface area contributed by atoms with Crippen LogP contribution in [-0.4, -0.2) is 10.7 Å². The fraction of sp³-hybridized carbons (Fsp3) is 0.333. The van der Waals surface area contributed by atoms with E-state index in [1.54, 1.807) is 12.1 Å². The summed E-state index contributed by atoms with van der Waals surface area (Å²) in [7, 11) is 0. The van der Waals surface area contributed by atoms with Gasteiger partial charge in [-0.05, 0) is 36.1 Å². The number of halogens is 8. The second-order valence-corrected chi connectivity index (χ2v) is 6.86. The van der Waals surface area contributed by atoms with Gasteiger partial charge in [0, 0.05) is 10.7 Å². The van der Waals surface area contributed by atoms with E-state index in [1.807, 2.05) is 0 Å². The maximum atomic E-state index is 12.2. The molecule has 0 saturated carbocycles. The van der Waals surface area contributed by atoms with Gasteiger partial charge in [0.15, 0.2) is 0 Å². The topological polar surface area (TPSA) is 0 Å². The summed E-state index contributed by atoms with van der Waals surface area (Å²) >= 11 is 6.36. The molecule has 0 aliphatic rings. The molecule has 0 spiro atoms. The molecular formula is C18H16Br2F6. The lowest BCUT2D eigenvalue weighted by Gasteiger charge is -2.07. The molecule has 0 atom stereocenters. The number of benzene rings is 2. The van der Waals surface area contributed by atoms with Crippen LogP contribution in [0.25, 0.3) is 0 Å². The van der Waals surface area contributed by atoms with Crippen LogP contribution in [0.2, 0.25) is 0 Å². The van der Waals surface area contributed by atoms with E-state index in [2.05, 4.69) is 31.9 Å². The van der Waals surface area contributed by atoms with Crippen LogP contribution in [0.5, 0.6) is 0 Å². The van der Waals surface area contributed by atoms with Gasteiger partial charge in [-0.15, -0.1) is 0 Å². The van der Waals surface area contributed by atoms with Gasteiger partial charge in [0.05, 0.1) is 11.1 Å². The van der Waals surface area contributed by atoms with Crippen LogP contribution in [0.1, 0.15) is 22.3 Å². The zero-order valence-electron chi connectivity index (χ0n) is 13.5. The smallest absolute Gasteiger partial charge is 0.166 e. The Morgan fingerprint density at radius 1 is 0.615 bits per heavy atom. The Labute approximate surface area is 164 Å². The van der Waals surface area contributed by atoms with Crippen LogP contribution in [0.4, 0.5) is 26.3 Å². The molecule has 0 aliphatic carbocycles. The maximum Gasteiger partial charge on any atom is 0.416 e. The van der Waals surface area contributed by atoms with Gasteiger partial charge in [-0.2, -0.15) is 26.3 Å². The van der Waals surface area contributed by atoms with Crippen LogP contribution in [0, 0.1) is 0 Å². The van der Waals surface area contributed by atoms with E-state index < -0.39 is 23.5 Å². The standard InChI is InChI=1S/2C9H8BrF3/c2*10-5-4-7-2-1-3-8(6-7)9(11,12)13/h2*1-3,6H,4-5H2. The minimum Gasteiger partial charge on any atom is -0.166 e. The second kappa shape index (κ2) is 10.3. The third-order valence-corrected chi connectivity index (χ3v) is 4.07. The Morgan fingerprint density at radius 2 is 0.962 bits per heavy atom. The van der Waals surface area contributed by atoms with Crippen LogP contribution in [0.3, 0.4) is 0 Å². The van der Waals surface area contributed by atoms with E-state index in [4.69, 9.17) is 0 Å². The molecular weight excluding hydrogens is 490 g/mol. The van der Waals surface area contributed by atoms with Gasteiger partial charge in [-0.3, -0.25) is 0 Å². The molecule has 0 unspecified atom stereocenters. The molecule has 0 nitrogen and oxygen atoms in total. The van der Waals surface area contributed by atoms with Crippen molar-refractivity contribution in [2.75, 3.05) is 10.7 Å². The van der Waals surface area contributed by atoms with Gasteiger partial charge in [0.1, 0.15) is 0 Å². The molecule has 144 valence electrons. The van der Waals surface area contributed by atoms with Crippen molar-refractivity contribution >= 4 is 31.9 Å². The van der Waals surface area contributed by atoms with Crippen molar-refractivity contribution in [3.8, 4) is 0 Å². The average molecular weight is 506 g/mol. The zero-order valence-corrected chi connectivity index (χ0v) is 16.6. The number of aryl methyl sites for hydroxylation is 2. The summed E-state index contributed by atoms with van der Waals surface area (Å²) < 4.78 is 73.2. The molecule has 0 heterocycles. The summed E-state index contributed by atoms with van der Waals surface area (Å²) in [4.78, 5) is 0. The highest BCUT2D eigenvalue weighted by Gasteiger charge is 2.30. The first kappa shape index (κ1) is 23.0. The van der Waals surface area contributed by atoms with Crippen LogP contribution in [-0.2, 0) is 25.2 Å². The first-order valence-corrected chi connectivity index (χ1v) is 9.76. The fourth-order valence-electron chi connectivity index (χ4n) is 2.02. The third-order valence-electron chi connectivity index (χ3n) is 3.27. The molecule has 0 fully saturated rings. The first-order valence-electron chi connectivity index (χ1n) is 7.52. The van der Waals surface area contributed by atoms with Crippen molar-refractivity contribution in [1.29, 1.82) is 0 Å². The van der Waals surface area contributed by atoms with Gasteiger partial charge in [-0.1, -0.05) is 68.3 Å². The van der Waals surface area contributed by atoms with E-state index in [9.17, 15) is 26.3 Å². The molecule has 8 heteroatoms. The molecule has 0 aliphatic heterocycles. The van der Waals surface area contributed by atoms with Crippen LogP contribution in [0.15, 0.2) is 48.5 Å². The largest absolute Gasteiger partial charge is 0.416 e. The normalized spacial score (nSPS) is 11.7. The monoisotopic (exact) mass is 504 g/mol. The molecule has 2 rings (SSSR count). The van der Waals surface area contributed by atoms with Gasteiger partial charge < -0.3 is 0 Å². The Kier molecular flexibility index (Phi) is 9.16. The molecule has 0 amide bonds. The molecule has 0 aromatic heterocycles. The fourth-order valence-corrected chi connectivity index (χ4v) is 2.94. The van der Waals surface area contributed by atoms with Gasteiger partial charge in [0.25, 0.3) is 0 Å². The SMILES string of the molecule is FC(F)(F)c1cccc(CCBr)c1.FC(F)(F)c1cccc(CCBr)c1. The van der Waals surface area contributed by atoms with E-state index in [0.717, 1.165) is 12.1 Å². The van der Waals surface area contributed by atoms with Gasteiger partial charge in [0.2, 0.25) is 0 Å². The van der Waals surface area contributed by atoms with Crippen molar-refractivity contribution in [3.63, 3.8) is 0 Å². The minimum absolute atomic E-state index is 0.578. The summed E-state index contributed by atoms with van der Waals surface area (Å²) in [6.45, 7) is 0. The lowest BCUT2D eigenvalue weighted by molar-refractivity contribution is -0.138. The quantitative estimate of drug-likeness (QED) is 0.302. The molecule has 2 aromatic carbocycles. The summed E-state index contributed by atoms with van der Waals surface area (Å²) in [6, 6.07) is 10.8. The molecule has 2 aromatic rings. The molecule has 0 saturated heterocycles. The Balaban J connectivity index is 0.000000260. The lowest BCUT2D eigenvalue weighted by atomic mass is 10.1. The summed E-state index contributed by atoms with van der Waals surface area (Å²) in [5.41, 5.74) is 0.246. The molecule has 0 radical (unpaired) electrons. The van der Waals surface area contributed by atoms with E-state index >= 15 is 0 Å². The maximum absolute atomic E-state index is 12.2. The zero-order chi connectivity index (χ0) is 19.8. The van der Waals surface area contributed by atoms with E-state index in [0.29, 0.717) is 34.6 Å². The highest BCUT2D eigenvalue weighted by Crippen LogP contribution is 2.30. The summed E-state index contributed by atoms with van der Waals surface area (Å²) in [6.07, 6.45) is -7.24.